The molecule has 0 spiro atoms. The van der Waals surface area contributed by atoms with Crippen LogP contribution in [0.2, 0.25) is 0 Å². The van der Waals surface area contributed by atoms with E-state index in [2.05, 4.69) is 16.4 Å². The van der Waals surface area contributed by atoms with E-state index in [0.717, 1.165) is 30.3 Å². The lowest BCUT2D eigenvalue weighted by molar-refractivity contribution is 0.0886. The van der Waals surface area contributed by atoms with Crippen LogP contribution in [-0.4, -0.2) is 20.9 Å². The summed E-state index contributed by atoms with van der Waals surface area (Å²) in [4.78, 5) is 12.0. The normalized spacial score (nSPS) is 11.4. The van der Waals surface area contributed by atoms with E-state index in [0.29, 0.717) is 6.42 Å². The van der Waals surface area contributed by atoms with Crippen LogP contribution < -0.4 is 0 Å². The van der Waals surface area contributed by atoms with E-state index in [1.807, 2.05) is 37.3 Å². The third-order valence-electron chi connectivity index (χ3n) is 2.84. The quantitative estimate of drug-likeness (QED) is 0.598. The van der Waals surface area contributed by atoms with Crippen LogP contribution in [0.3, 0.4) is 0 Å². The molecule has 2 rings (SSSR count). The highest BCUT2D eigenvalue weighted by atomic mass is 16.2. The summed E-state index contributed by atoms with van der Waals surface area (Å²) in [5, 5.41) is 7.89. The number of aromatic nitrogens is 3. The Morgan fingerprint density at radius 2 is 2.17 bits per heavy atom. The van der Waals surface area contributed by atoms with Crippen molar-refractivity contribution in [1.82, 2.24) is 15.0 Å². The summed E-state index contributed by atoms with van der Waals surface area (Å²) < 4.78 is 1.41. The molecule has 0 fully saturated rings. The second-order valence-corrected chi connectivity index (χ2v) is 4.20. The van der Waals surface area contributed by atoms with Gasteiger partial charge in [-0.3, -0.25) is 4.79 Å². The Bertz CT molecular complexity index is 557. The van der Waals surface area contributed by atoms with Crippen LogP contribution in [0.15, 0.2) is 36.4 Å². The molecule has 0 unspecified atom stereocenters. The molecule has 0 bridgehead atoms. The fraction of sp³-hybridized carbons (Fsp3) is 0.357. The zero-order valence-electron chi connectivity index (χ0n) is 10.5. The van der Waals surface area contributed by atoms with Gasteiger partial charge in [-0.15, -0.1) is 5.10 Å². The van der Waals surface area contributed by atoms with Crippen molar-refractivity contribution in [3.8, 4) is 0 Å². The summed E-state index contributed by atoms with van der Waals surface area (Å²) in [7, 11) is 0. The van der Waals surface area contributed by atoms with Gasteiger partial charge in [-0.05, 0) is 38.3 Å². The molecule has 0 atom stereocenters. The van der Waals surface area contributed by atoms with Gasteiger partial charge < -0.3 is 0 Å². The summed E-state index contributed by atoms with van der Waals surface area (Å²) in [6, 6.07) is 7.51. The second kappa shape index (κ2) is 6.10. The second-order valence-electron chi connectivity index (χ2n) is 4.20. The van der Waals surface area contributed by atoms with Crippen molar-refractivity contribution in [1.29, 1.82) is 0 Å². The lowest BCUT2D eigenvalue weighted by atomic mass is 10.2. The van der Waals surface area contributed by atoms with Gasteiger partial charge in [-0.2, -0.15) is 4.68 Å². The molecule has 18 heavy (non-hydrogen) atoms. The zero-order valence-corrected chi connectivity index (χ0v) is 10.5. The van der Waals surface area contributed by atoms with Crippen LogP contribution in [0.4, 0.5) is 0 Å². The Morgan fingerprint density at radius 1 is 1.33 bits per heavy atom. The lowest BCUT2D eigenvalue weighted by Gasteiger charge is -2.00. The minimum Gasteiger partial charge on any atom is -0.273 e. The van der Waals surface area contributed by atoms with Crippen LogP contribution in [0.5, 0.6) is 0 Å². The van der Waals surface area contributed by atoms with Crippen molar-refractivity contribution in [2.24, 2.45) is 0 Å². The average Bonchev–Trinajstić information content (AvgIpc) is 2.82. The third kappa shape index (κ3) is 2.83. The number of nitrogens with zero attached hydrogens (tertiary/aromatic N) is 3. The monoisotopic (exact) mass is 243 g/mol. The van der Waals surface area contributed by atoms with Crippen molar-refractivity contribution >= 4 is 16.9 Å². The molecule has 0 aliphatic heterocycles. The van der Waals surface area contributed by atoms with E-state index >= 15 is 0 Å². The molecule has 1 heterocycles. The molecule has 1 aromatic carbocycles. The van der Waals surface area contributed by atoms with Gasteiger partial charge >= 0.3 is 0 Å². The Balaban J connectivity index is 1.96. The minimum absolute atomic E-state index is 0.0178. The molecule has 94 valence electrons. The molecule has 0 saturated heterocycles. The Labute approximate surface area is 106 Å². The van der Waals surface area contributed by atoms with E-state index in [-0.39, 0.29) is 5.91 Å². The number of hydrogen-bond acceptors (Lipinski definition) is 3. The molecule has 0 radical (unpaired) electrons. The van der Waals surface area contributed by atoms with Crippen LogP contribution in [-0.2, 0) is 0 Å². The fourth-order valence-corrected chi connectivity index (χ4v) is 1.86. The Hall–Kier alpha value is -1.97. The molecule has 0 N–H and O–H groups in total. The molecular formula is C14H17N3O. The molecule has 1 aromatic heterocycles. The molecular weight excluding hydrogens is 226 g/mol. The predicted molar refractivity (Wildman–Crippen MR) is 71.4 cm³/mol. The summed E-state index contributed by atoms with van der Waals surface area (Å²) in [5.74, 6) is 0.0178. The first-order chi connectivity index (χ1) is 8.83. The molecule has 0 aliphatic rings. The highest BCUT2D eigenvalue weighted by Crippen LogP contribution is 2.11. The zero-order chi connectivity index (χ0) is 12.8. The lowest BCUT2D eigenvalue weighted by Crippen LogP contribution is -2.11. The van der Waals surface area contributed by atoms with Crippen molar-refractivity contribution in [2.75, 3.05) is 0 Å². The molecule has 0 amide bonds. The molecule has 4 heteroatoms. The number of carbonyl (C=O) groups excluding carboxylic acids is 1. The van der Waals surface area contributed by atoms with Gasteiger partial charge in [0, 0.05) is 6.42 Å². The summed E-state index contributed by atoms with van der Waals surface area (Å²) in [6.07, 6.45) is 7.62. The first kappa shape index (κ1) is 12.5. The maximum absolute atomic E-state index is 12.0. The van der Waals surface area contributed by atoms with Gasteiger partial charge in [0.2, 0.25) is 5.91 Å². The molecule has 4 nitrogen and oxygen atoms in total. The van der Waals surface area contributed by atoms with E-state index in [9.17, 15) is 4.79 Å². The third-order valence-corrected chi connectivity index (χ3v) is 2.84. The predicted octanol–water partition coefficient (Wildman–Crippen LogP) is 3.21. The van der Waals surface area contributed by atoms with Crippen molar-refractivity contribution in [3.05, 3.63) is 36.4 Å². The van der Waals surface area contributed by atoms with E-state index in [1.165, 1.54) is 4.68 Å². The number of carbonyl (C=O) groups is 1. The minimum atomic E-state index is 0.0178. The Kier molecular flexibility index (Phi) is 4.23. The number of allylic oxidation sites excluding steroid dienone is 2. The number of fused-ring (bicyclic) bond motifs is 1. The van der Waals surface area contributed by atoms with Gasteiger partial charge in [0.25, 0.3) is 0 Å². The number of benzene rings is 1. The first-order valence-electron chi connectivity index (χ1n) is 6.27. The number of para-hydroxylation sites is 1. The maximum Gasteiger partial charge on any atom is 0.248 e. The largest absolute Gasteiger partial charge is 0.273 e. The summed E-state index contributed by atoms with van der Waals surface area (Å²) in [5.41, 5.74) is 1.55. The number of hydrogen-bond donors (Lipinski definition) is 0. The van der Waals surface area contributed by atoms with Crippen molar-refractivity contribution < 1.29 is 4.79 Å². The SMILES string of the molecule is C/C=C/CCCCC(=O)n1nnc2ccccc21. The van der Waals surface area contributed by atoms with Crippen LogP contribution in [0, 0.1) is 0 Å². The van der Waals surface area contributed by atoms with Gasteiger partial charge in [-0.1, -0.05) is 29.5 Å². The standard InChI is InChI=1S/C14H17N3O/c1-2-3-4-5-6-11-14(18)17-13-10-8-7-9-12(13)15-16-17/h2-3,7-10H,4-6,11H2,1H3/b3-2+. The van der Waals surface area contributed by atoms with E-state index in [4.69, 9.17) is 0 Å². The average molecular weight is 243 g/mol. The van der Waals surface area contributed by atoms with Crippen molar-refractivity contribution in [3.63, 3.8) is 0 Å². The van der Waals surface area contributed by atoms with Gasteiger partial charge in [0.1, 0.15) is 5.52 Å². The van der Waals surface area contributed by atoms with E-state index < -0.39 is 0 Å². The van der Waals surface area contributed by atoms with Crippen LogP contribution in [0.25, 0.3) is 11.0 Å². The van der Waals surface area contributed by atoms with Crippen molar-refractivity contribution in [2.45, 2.75) is 32.6 Å². The summed E-state index contributed by atoms with van der Waals surface area (Å²) >= 11 is 0. The molecule has 0 saturated carbocycles. The molecule has 0 aliphatic carbocycles. The van der Waals surface area contributed by atoms with Gasteiger partial charge in [0.15, 0.2) is 0 Å². The molecule has 2 aromatic rings. The van der Waals surface area contributed by atoms with E-state index in [1.54, 1.807) is 0 Å². The topological polar surface area (TPSA) is 47.8 Å². The smallest absolute Gasteiger partial charge is 0.248 e. The fourth-order valence-electron chi connectivity index (χ4n) is 1.86. The highest BCUT2D eigenvalue weighted by molar-refractivity contribution is 5.88. The maximum atomic E-state index is 12.0. The van der Waals surface area contributed by atoms with Crippen LogP contribution in [0.1, 0.15) is 37.4 Å². The van der Waals surface area contributed by atoms with Crippen LogP contribution >= 0.6 is 0 Å². The highest BCUT2D eigenvalue weighted by Gasteiger charge is 2.10. The Morgan fingerprint density at radius 3 is 3.00 bits per heavy atom. The first-order valence-corrected chi connectivity index (χ1v) is 6.27. The number of rotatable bonds is 5. The summed E-state index contributed by atoms with van der Waals surface area (Å²) in [6.45, 7) is 2.01. The van der Waals surface area contributed by atoms with Gasteiger partial charge in [0.05, 0.1) is 5.52 Å². The number of unbranched alkanes of at least 4 members (excludes halogenated alkanes) is 2. The van der Waals surface area contributed by atoms with Gasteiger partial charge in [-0.25, -0.2) is 0 Å².